The summed E-state index contributed by atoms with van der Waals surface area (Å²) in [5.41, 5.74) is 2.37. The minimum atomic E-state index is 0.663. The Morgan fingerprint density at radius 3 is 2.81 bits per heavy atom. The number of benzene rings is 1. The average molecular weight is 286 g/mol. The molecule has 21 heavy (non-hydrogen) atoms. The normalized spacial score (nSPS) is 17.2. The number of nitrogens with zero attached hydrogens (tertiary/aromatic N) is 4. The molecule has 5 nitrogen and oxygen atoms in total. The lowest BCUT2D eigenvalue weighted by Crippen LogP contribution is -2.44. The third kappa shape index (κ3) is 3.89. The van der Waals surface area contributed by atoms with Gasteiger partial charge in [0.25, 0.3) is 0 Å². The Balaban J connectivity index is 1.50. The maximum absolute atomic E-state index is 4.81. The van der Waals surface area contributed by atoms with Gasteiger partial charge in [0.05, 0.1) is 0 Å². The summed E-state index contributed by atoms with van der Waals surface area (Å²) in [5.74, 6) is 0.663. The highest BCUT2D eigenvalue weighted by atomic mass is 16.5. The molecule has 3 rings (SSSR count). The summed E-state index contributed by atoms with van der Waals surface area (Å²) in [6.45, 7) is 5.94. The van der Waals surface area contributed by atoms with E-state index in [1.54, 1.807) is 0 Å². The predicted octanol–water partition coefficient (Wildman–Crippen LogP) is 1.92. The number of piperazine rings is 1. The fourth-order valence-corrected chi connectivity index (χ4v) is 2.74. The molecule has 1 fully saturated rings. The summed E-state index contributed by atoms with van der Waals surface area (Å²) in [6.07, 6.45) is 3.66. The second-order valence-electron chi connectivity index (χ2n) is 5.70. The van der Waals surface area contributed by atoms with Crippen LogP contribution in [-0.2, 0) is 6.42 Å². The van der Waals surface area contributed by atoms with Crippen molar-refractivity contribution >= 4 is 0 Å². The molecule has 2 aromatic rings. The zero-order valence-electron chi connectivity index (χ0n) is 12.5. The minimum Gasteiger partial charge on any atom is -0.342 e. The van der Waals surface area contributed by atoms with Gasteiger partial charge in [0.15, 0.2) is 0 Å². The molecular weight excluding hydrogens is 264 g/mol. The van der Waals surface area contributed by atoms with Crippen LogP contribution in [0.5, 0.6) is 0 Å². The van der Waals surface area contributed by atoms with Gasteiger partial charge in [-0.05, 0) is 38.1 Å². The van der Waals surface area contributed by atoms with E-state index in [2.05, 4.69) is 45.2 Å². The van der Waals surface area contributed by atoms with Crippen LogP contribution in [-0.4, -0.2) is 59.7 Å². The standard InChI is InChI=1S/C16H22N4O/c1-19-8-10-20(11-9-19)7-3-5-14-4-2-6-15(12-14)16-17-13-21-18-16/h2,4,6,12-13H,3,5,7-11H2,1H3. The van der Waals surface area contributed by atoms with Crippen molar-refractivity contribution in [1.29, 1.82) is 0 Å². The number of rotatable bonds is 5. The first-order chi connectivity index (χ1) is 10.3. The van der Waals surface area contributed by atoms with E-state index in [1.807, 2.05) is 6.07 Å². The van der Waals surface area contributed by atoms with Gasteiger partial charge in [-0.3, -0.25) is 0 Å². The fourth-order valence-electron chi connectivity index (χ4n) is 2.74. The Labute approximate surface area is 125 Å². The van der Waals surface area contributed by atoms with E-state index in [0.29, 0.717) is 5.82 Å². The predicted molar refractivity (Wildman–Crippen MR) is 82.0 cm³/mol. The van der Waals surface area contributed by atoms with Gasteiger partial charge in [-0.25, -0.2) is 0 Å². The monoisotopic (exact) mass is 286 g/mol. The second-order valence-corrected chi connectivity index (χ2v) is 5.70. The van der Waals surface area contributed by atoms with E-state index >= 15 is 0 Å². The van der Waals surface area contributed by atoms with Crippen molar-refractivity contribution in [2.45, 2.75) is 12.8 Å². The topological polar surface area (TPSA) is 45.4 Å². The lowest BCUT2D eigenvalue weighted by Gasteiger charge is -2.32. The van der Waals surface area contributed by atoms with Crippen LogP contribution in [0.1, 0.15) is 12.0 Å². The third-order valence-corrected chi connectivity index (χ3v) is 4.08. The zero-order chi connectivity index (χ0) is 14.5. The molecular formula is C16H22N4O. The molecule has 1 saturated heterocycles. The number of aryl methyl sites for hydroxylation is 1. The zero-order valence-corrected chi connectivity index (χ0v) is 12.5. The Morgan fingerprint density at radius 2 is 2.05 bits per heavy atom. The summed E-state index contributed by atoms with van der Waals surface area (Å²) in [7, 11) is 2.20. The maximum Gasteiger partial charge on any atom is 0.214 e. The number of likely N-dealkylation sites (N-methyl/N-ethyl adjacent to an activating group) is 1. The van der Waals surface area contributed by atoms with Gasteiger partial charge < -0.3 is 14.3 Å². The van der Waals surface area contributed by atoms with Crippen molar-refractivity contribution in [3.05, 3.63) is 36.2 Å². The maximum atomic E-state index is 4.81. The van der Waals surface area contributed by atoms with Gasteiger partial charge in [-0.15, -0.1) is 0 Å². The van der Waals surface area contributed by atoms with Crippen molar-refractivity contribution in [1.82, 2.24) is 19.9 Å². The average Bonchev–Trinajstić information content (AvgIpc) is 3.04. The fraction of sp³-hybridized carbons (Fsp3) is 0.500. The molecule has 1 aromatic carbocycles. The van der Waals surface area contributed by atoms with Crippen LogP contribution in [0.15, 0.2) is 35.2 Å². The van der Waals surface area contributed by atoms with Crippen LogP contribution in [0.4, 0.5) is 0 Å². The van der Waals surface area contributed by atoms with Crippen molar-refractivity contribution in [3.63, 3.8) is 0 Å². The smallest absolute Gasteiger partial charge is 0.214 e. The third-order valence-electron chi connectivity index (χ3n) is 4.08. The second kappa shape index (κ2) is 6.83. The number of hydrogen-bond donors (Lipinski definition) is 0. The number of aromatic nitrogens is 2. The van der Waals surface area contributed by atoms with Gasteiger partial charge in [0, 0.05) is 31.7 Å². The molecule has 112 valence electrons. The van der Waals surface area contributed by atoms with Crippen LogP contribution in [0, 0.1) is 0 Å². The summed E-state index contributed by atoms with van der Waals surface area (Å²) in [5, 5.41) is 3.89. The first-order valence-electron chi connectivity index (χ1n) is 7.58. The Morgan fingerprint density at radius 1 is 1.19 bits per heavy atom. The van der Waals surface area contributed by atoms with Gasteiger partial charge >= 0.3 is 0 Å². The van der Waals surface area contributed by atoms with Crippen LogP contribution in [0.2, 0.25) is 0 Å². The van der Waals surface area contributed by atoms with E-state index < -0.39 is 0 Å². The molecule has 0 bridgehead atoms. The van der Waals surface area contributed by atoms with Crippen molar-refractivity contribution in [2.24, 2.45) is 0 Å². The minimum absolute atomic E-state index is 0.663. The lowest BCUT2D eigenvalue weighted by molar-refractivity contribution is 0.153. The molecule has 0 radical (unpaired) electrons. The molecule has 0 N–H and O–H groups in total. The van der Waals surface area contributed by atoms with Crippen molar-refractivity contribution in [2.75, 3.05) is 39.8 Å². The lowest BCUT2D eigenvalue weighted by atomic mass is 10.1. The van der Waals surface area contributed by atoms with Crippen LogP contribution in [0.3, 0.4) is 0 Å². The van der Waals surface area contributed by atoms with E-state index in [0.717, 1.165) is 12.0 Å². The molecule has 0 aliphatic carbocycles. The summed E-state index contributed by atoms with van der Waals surface area (Å²) in [6, 6.07) is 8.42. The largest absolute Gasteiger partial charge is 0.342 e. The molecule has 5 heteroatoms. The Bertz CT molecular complexity index is 547. The van der Waals surface area contributed by atoms with Gasteiger partial charge in [-0.1, -0.05) is 23.4 Å². The quantitative estimate of drug-likeness (QED) is 0.840. The van der Waals surface area contributed by atoms with Crippen molar-refractivity contribution in [3.8, 4) is 11.4 Å². The van der Waals surface area contributed by atoms with Gasteiger partial charge in [0.2, 0.25) is 12.2 Å². The molecule has 0 atom stereocenters. The van der Waals surface area contributed by atoms with Gasteiger partial charge in [-0.2, -0.15) is 4.98 Å². The summed E-state index contributed by atoms with van der Waals surface area (Å²) in [4.78, 5) is 9.05. The van der Waals surface area contributed by atoms with E-state index in [4.69, 9.17) is 4.52 Å². The molecule has 2 heterocycles. The first kappa shape index (κ1) is 14.2. The Kier molecular flexibility index (Phi) is 4.62. The van der Waals surface area contributed by atoms with Crippen molar-refractivity contribution < 1.29 is 4.52 Å². The summed E-state index contributed by atoms with van der Waals surface area (Å²) < 4.78 is 4.81. The molecule has 1 aliphatic heterocycles. The van der Waals surface area contributed by atoms with Crippen LogP contribution < -0.4 is 0 Å². The highest BCUT2D eigenvalue weighted by molar-refractivity contribution is 5.55. The van der Waals surface area contributed by atoms with Crippen LogP contribution >= 0.6 is 0 Å². The Hall–Kier alpha value is -1.72. The molecule has 0 spiro atoms. The molecule has 0 unspecified atom stereocenters. The highest BCUT2D eigenvalue weighted by Gasteiger charge is 2.13. The van der Waals surface area contributed by atoms with Crippen LogP contribution in [0.25, 0.3) is 11.4 Å². The highest BCUT2D eigenvalue weighted by Crippen LogP contribution is 2.17. The van der Waals surface area contributed by atoms with Gasteiger partial charge in [0.1, 0.15) is 0 Å². The number of hydrogen-bond acceptors (Lipinski definition) is 5. The SMILES string of the molecule is CN1CCN(CCCc2cccc(-c3ncon3)c2)CC1. The molecule has 0 amide bonds. The first-order valence-corrected chi connectivity index (χ1v) is 7.58. The molecule has 1 aliphatic rings. The summed E-state index contributed by atoms with van der Waals surface area (Å²) >= 11 is 0. The van der Waals surface area contributed by atoms with E-state index in [9.17, 15) is 0 Å². The van der Waals surface area contributed by atoms with E-state index in [-0.39, 0.29) is 0 Å². The molecule has 0 saturated carbocycles. The van der Waals surface area contributed by atoms with E-state index in [1.165, 1.54) is 51.1 Å². The molecule has 1 aromatic heterocycles.